The molecule has 2 heteroatoms. The Morgan fingerprint density at radius 3 is 2.28 bits per heavy atom. The van der Waals surface area contributed by atoms with E-state index < -0.39 is 0 Å². The first-order valence-corrected chi connectivity index (χ1v) is 6.61. The summed E-state index contributed by atoms with van der Waals surface area (Å²) in [7, 11) is 3.77. The largest absolute Gasteiger partial charge is 0.496 e. The van der Waals surface area contributed by atoms with Crippen molar-refractivity contribution in [1.82, 2.24) is 5.32 Å². The summed E-state index contributed by atoms with van der Waals surface area (Å²) in [4.78, 5) is 0. The van der Waals surface area contributed by atoms with Gasteiger partial charge in [-0.1, -0.05) is 26.8 Å². The van der Waals surface area contributed by atoms with Gasteiger partial charge in [0.15, 0.2) is 0 Å². The zero-order chi connectivity index (χ0) is 13.9. The second-order valence-electron chi connectivity index (χ2n) is 6.30. The standard InChI is InChI=1S/C16H27NO/c1-11-8-12(2)15(14(9-11)18-7)13(17-6)10-16(3,4)5/h8-9,13,17H,10H2,1-7H3. The topological polar surface area (TPSA) is 21.3 Å². The number of aryl methyl sites for hydroxylation is 2. The molecule has 0 aliphatic rings. The van der Waals surface area contributed by atoms with E-state index in [0.717, 1.165) is 12.2 Å². The number of benzene rings is 1. The summed E-state index contributed by atoms with van der Waals surface area (Å²) >= 11 is 0. The number of hydrogen-bond acceptors (Lipinski definition) is 2. The molecule has 0 saturated carbocycles. The Morgan fingerprint density at radius 1 is 1.22 bits per heavy atom. The molecule has 0 aliphatic carbocycles. The van der Waals surface area contributed by atoms with Crippen molar-refractivity contribution in [2.24, 2.45) is 5.41 Å². The molecule has 0 aromatic heterocycles. The van der Waals surface area contributed by atoms with Gasteiger partial charge in [-0.25, -0.2) is 0 Å². The molecule has 0 amide bonds. The van der Waals surface area contributed by atoms with Gasteiger partial charge < -0.3 is 10.1 Å². The molecule has 0 fully saturated rings. The molecule has 1 atom stereocenters. The van der Waals surface area contributed by atoms with E-state index in [9.17, 15) is 0 Å². The van der Waals surface area contributed by atoms with Gasteiger partial charge in [0, 0.05) is 11.6 Å². The van der Waals surface area contributed by atoms with Gasteiger partial charge in [-0.3, -0.25) is 0 Å². The lowest BCUT2D eigenvalue weighted by molar-refractivity contribution is 0.312. The van der Waals surface area contributed by atoms with Crippen LogP contribution in [-0.4, -0.2) is 14.2 Å². The van der Waals surface area contributed by atoms with Crippen molar-refractivity contribution in [1.29, 1.82) is 0 Å². The Hall–Kier alpha value is -1.02. The Balaban J connectivity index is 3.20. The molecule has 102 valence electrons. The molecule has 1 aromatic rings. The zero-order valence-electron chi connectivity index (χ0n) is 12.8. The van der Waals surface area contributed by atoms with Crippen molar-refractivity contribution < 1.29 is 4.74 Å². The van der Waals surface area contributed by atoms with E-state index in [1.807, 2.05) is 7.05 Å². The van der Waals surface area contributed by atoms with Gasteiger partial charge >= 0.3 is 0 Å². The highest BCUT2D eigenvalue weighted by atomic mass is 16.5. The van der Waals surface area contributed by atoms with Crippen LogP contribution in [0.4, 0.5) is 0 Å². The molecule has 0 saturated heterocycles. The average molecular weight is 249 g/mol. The molecule has 0 bridgehead atoms. The number of methoxy groups -OCH3 is 1. The minimum atomic E-state index is 0.288. The fraction of sp³-hybridized carbons (Fsp3) is 0.625. The van der Waals surface area contributed by atoms with E-state index in [2.05, 4.69) is 52.1 Å². The molecule has 2 nitrogen and oxygen atoms in total. The van der Waals surface area contributed by atoms with Crippen LogP contribution in [0.3, 0.4) is 0 Å². The summed E-state index contributed by atoms with van der Waals surface area (Å²) in [5, 5.41) is 3.43. The number of hydrogen-bond donors (Lipinski definition) is 1. The van der Waals surface area contributed by atoms with Crippen LogP contribution in [0.5, 0.6) is 5.75 Å². The number of nitrogens with one attached hydrogen (secondary N) is 1. The smallest absolute Gasteiger partial charge is 0.124 e. The molecule has 1 rings (SSSR count). The van der Waals surface area contributed by atoms with Crippen LogP contribution in [0.2, 0.25) is 0 Å². The van der Waals surface area contributed by atoms with Crippen molar-refractivity contribution in [3.63, 3.8) is 0 Å². The van der Waals surface area contributed by atoms with Crippen molar-refractivity contribution in [3.8, 4) is 5.75 Å². The van der Waals surface area contributed by atoms with Crippen molar-refractivity contribution in [3.05, 3.63) is 28.8 Å². The lowest BCUT2D eigenvalue weighted by Crippen LogP contribution is -2.23. The highest BCUT2D eigenvalue weighted by molar-refractivity contribution is 5.45. The summed E-state index contributed by atoms with van der Waals surface area (Å²) in [5.41, 5.74) is 4.13. The second-order valence-corrected chi connectivity index (χ2v) is 6.30. The Morgan fingerprint density at radius 2 is 1.83 bits per heavy atom. The van der Waals surface area contributed by atoms with Gasteiger partial charge in [-0.15, -0.1) is 0 Å². The molecule has 0 radical (unpaired) electrons. The molecule has 1 aromatic carbocycles. The predicted molar refractivity (Wildman–Crippen MR) is 78.3 cm³/mol. The lowest BCUT2D eigenvalue weighted by atomic mass is 9.84. The first kappa shape index (κ1) is 15.0. The summed E-state index contributed by atoms with van der Waals surface area (Å²) in [6.45, 7) is 11.1. The van der Waals surface area contributed by atoms with Crippen LogP contribution in [0.1, 0.15) is 49.9 Å². The van der Waals surface area contributed by atoms with E-state index in [-0.39, 0.29) is 5.41 Å². The van der Waals surface area contributed by atoms with Gasteiger partial charge in [0.25, 0.3) is 0 Å². The van der Waals surface area contributed by atoms with Crippen LogP contribution in [-0.2, 0) is 0 Å². The van der Waals surface area contributed by atoms with Crippen LogP contribution in [0, 0.1) is 19.3 Å². The summed E-state index contributed by atoms with van der Waals surface area (Å²) in [6.07, 6.45) is 1.09. The quantitative estimate of drug-likeness (QED) is 0.870. The van der Waals surface area contributed by atoms with Gasteiger partial charge in [0.05, 0.1) is 7.11 Å². The maximum atomic E-state index is 5.56. The van der Waals surface area contributed by atoms with Crippen molar-refractivity contribution in [2.45, 2.75) is 47.1 Å². The van der Waals surface area contributed by atoms with Crippen LogP contribution in [0.25, 0.3) is 0 Å². The molecular formula is C16H27NO. The normalized spacial score (nSPS) is 13.5. The Bertz CT molecular complexity index is 404. The summed E-state index contributed by atoms with van der Waals surface area (Å²) < 4.78 is 5.56. The van der Waals surface area contributed by atoms with Gasteiger partial charge in [-0.05, 0) is 49.9 Å². The van der Waals surface area contributed by atoms with E-state index in [1.54, 1.807) is 7.11 Å². The van der Waals surface area contributed by atoms with E-state index in [4.69, 9.17) is 4.74 Å². The monoisotopic (exact) mass is 249 g/mol. The summed E-state index contributed by atoms with van der Waals surface area (Å²) in [6, 6.07) is 4.68. The fourth-order valence-electron chi connectivity index (χ4n) is 2.52. The van der Waals surface area contributed by atoms with Crippen LogP contribution < -0.4 is 10.1 Å². The summed E-state index contributed by atoms with van der Waals surface area (Å²) in [5.74, 6) is 0.996. The van der Waals surface area contributed by atoms with Gasteiger partial charge in [0.2, 0.25) is 0 Å². The number of ether oxygens (including phenoxy) is 1. The minimum Gasteiger partial charge on any atom is -0.496 e. The van der Waals surface area contributed by atoms with Crippen LogP contribution >= 0.6 is 0 Å². The molecule has 1 unspecified atom stereocenters. The molecule has 0 spiro atoms. The Labute approximate surface area is 112 Å². The van der Waals surface area contributed by atoms with Crippen molar-refractivity contribution in [2.75, 3.05) is 14.2 Å². The fourth-order valence-corrected chi connectivity index (χ4v) is 2.52. The highest BCUT2D eigenvalue weighted by Crippen LogP contribution is 2.36. The molecular weight excluding hydrogens is 222 g/mol. The SMILES string of the molecule is CNC(CC(C)(C)C)c1c(C)cc(C)cc1OC. The lowest BCUT2D eigenvalue weighted by Gasteiger charge is -2.28. The third kappa shape index (κ3) is 3.74. The van der Waals surface area contributed by atoms with Gasteiger partial charge in [-0.2, -0.15) is 0 Å². The van der Waals surface area contributed by atoms with Gasteiger partial charge in [0.1, 0.15) is 5.75 Å². The van der Waals surface area contributed by atoms with Crippen molar-refractivity contribution >= 4 is 0 Å². The number of rotatable bonds is 4. The predicted octanol–water partition coefficient (Wildman–Crippen LogP) is 4.01. The zero-order valence-corrected chi connectivity index (χ0v) is 12.8. The Kier molecular flexibility index (Phi) is 4.80. The van der Waals surface area contributed by atoms with E-state index in [1.165, 1.54) is 16.7 Å². The molecule has 0 heterocycles. The molecule has 18 heavy (non-hydrogen) atoms. The first-order valence-electron chi connectivity index (χ1n) is 6.61. The van der Waals surface area contributed by atoms with Crippen LogP contribution in [0.15, 0.2) is 12.1 Å². The minimum absolute atomic E-state index is 0.288. The molecule has 0 aliphatic heterocycles. The van der Waals surface area contributed by atoms with E-state index >= 15 is 0 Å². The first-order chi connectivity index (χ1) is 8.28. The third-order valence-corrected chi connectivity index (χ3v) is 3.23. The maximum absolute atomic E-state index is 5.56. The molecule has 1 N–H and O–H groups in total. The van der Waals surface area contributed by atoms with E-state index in [0.29, 0.717) is 6.04 Å². The second kappa shape index (κ2) is 5.75. The third-order valence-electron chi connectivity index (χ3n) is 3.23. The maximum Gasteiger partial charge on any atom is 0.124 e. The average Bonchev–Trinajstić information content (AvgIpc) is 2.24. The highest BCUT2D eigenvalue weighted by Gasteiger charge is 2.23.